The first kappa shape index (κ1) is 14.8. The Kier molecular flexibility index (Phi) is 3.98. The van der Waals surface area contributed by atoms with Gasteiger partial charge in [-0.2, -0.15) is 0 Å². The molecule has 1 saturated heterocycles. The van der Waals surface area contributed by atoms with Crippen molar-refractivity contribution in [3.05, 3.63) is 41.5 Å². The number of carbonyl (C=O) groups excluding carboxylic acids is 1. The van der Waals surface area contributed by atoms with Crippen LogP contribution in [0.4, 0.5) is 5.69 Å². The van der Waals surface area contributed by atoms with Gasteiger partial charge < -0.3 is 14.4 Å². The molecule has 5 heteroatoms. The van der Waals surface area contributed by atoms with Crippen molar-refractivity contribution in [2.75, 3.05) is 38.1 Å². The van der Waals surface area contributed by atoms with Crippen LogP contribution in [0.2, 0.25) is 0 Å². The molecule has 3 heterocycles. The second kappa shape index (κ2) is 5.93. The third kappa shape index (κ3) is 2.52. The summed E-state index contributed by atoms with van der Waals surface area (Å²) in [7, 11) is 2.13. The third-order valence-corrected chi connectivity index (χ3v) is 4.39. The number of hydrogen-bond donors (Lipinski definition) is 0. The highest BCUT2D eigenvalue weighted by molar-refractivity contribution is 5.88. The van der Waals surface area contributed by atoms with Gasteiger partial charge in [0.05, 0.1) is 23.1 Å². The van der Waals surface area contributed by atoms with E-state index < -0.39 is 0 Å². The molecular formula is C17H22N4O. The van der Waals surface area contributed by atoms with Gasteiger partial charge in [0, 0.05) is 43.8 Å². The minimum absolute atomic E-state index is 0.662. The Bertz CT molecular complexity index is 664. The molecule has 0 radical (unpaired) electrons. The van der Waals surface area contributed by atoms with Gasteiger partial charge in [-0.25, -0.2) is 0 Å². The van der Waals surface area contributed by atoms with Crippen LogP contribution in [0.3, 0.4) is 0 Å². The Morgan fingerprint density at radius 2 is 1.68 bits per heavy atom. The number of aldehydes is 1. The van der Waals surface area contributed by atoms with Crippen molar-refractivity contribution in [3.63, 3.8) is 0 Å². The minimum Gasteiger partial charge on any atom is -0.367 e. The lowest BCUT2D eigenvalue weighted by Crippen LogP contribution is -2.45. The largest absolute Gasteiger partial charge is 0.367 e. The summed E-state index contributed by atoms with van der Waals surface area (Å²) in [4.78, 5) is 20.4. The van der Waals surface area contributed by atoms with E-state index in [0.717, 1.165) is 55.2 Å². The van der Waals surface area contributed by atoms with Crippen LogP contribution in [0, 0.1) is 13.8 Å². The van der Waals surface area contributed by atoms with Gasteiger partial charge in [-0.1, -0.05) is 0 Å². The molecule has 22 heavy (non-hydrogen) atoms. The van der Waals surface area contributed by atoms with E-state index in [1.54, 1.807) is 6.20 Å². The maximum absolute atomic E-state index is 11.5. The van der Waals surface area contributed by atoms with E-state index in [2.05, 4.69) is 52.4 Å². The number of pyridine rings is 1. The lowest BCUT2D eigenvalue weighted by atomic mass is 10.1. The van der Waals surface area contributed by atoms with Crippen LogP contribution in [-0.4, -0.2) is 54.0 Å². The number of likely N-dealkylation sites (N-methyl/N-ethyl adjacent to an activating group) is 1. The fourth-order valence-electron chi connectivity index (χ4n) is 3.13. The molecule has 0 spiro atoms. The Hall–Kier alpha value is -2.14. The molecule has 0 amide bonds. The molecule has 1 fully saturated rings. The standard InChI is InChI=1S/C17H22N4O/c1-13-4-5-14(2)21(13)16-11-18-10-15(12-22)17(16)20-8-6-19(3)7-9-20/h4-5,10-12H,6-9H2,1-3H3. The highest BCUT2D eigenvalue weighted by atomic mass is 16.1. The third-order valence-electron chi connectivity index (χ3n) is 4.39. The monoisotopic (exact) mass is 298 g/mol. The Balaban J connectivity index is 2.13. The van der Waals surface area contributed by atoms with E-state index in [1.807, 2.05) is 6.20 Å². The van der Waals surface area contributed by atoms with Gasteiger partial charge in [-0.15, -0.1) is 0 Å². The molecule has 2 aromatic heterocycles. The lowest BCUT2D eigenvalue weighted by Gasteiger charge is -2.36. The van der Waals surface area contributed by atoms with Crippen molar-refractivity contribution in [3.8, 4) is 5.69 Å². The van der Waals surface area contributed by atoms with Crippen molar-refractivity contribution in [2.24, 2.45) is 0 Å². The summed E-state index contributed by atoms with van der Waals surface area (Å²) < 4.78 is 2.17. The molecule has 1 aliphatic rings. The summed E-state index contributed by atoms with van der Waals surface area (Å²) in [5.74, 6) is 0. The van der Waals surface area contributed by atoms with Crippen LogP contribution < -0.4 is 4.90 Å². The second-order valence-corrected chi connectivity index (χ2v) is 5.96. The topological polar surface area (TPSA) is 41.4 Å². The molecule has 0 aromatic carbocycles. The molecule has 0 bridgehead atoms. The molecule has 0 atom stereocenters. The Morgan fingerprint density at radius 1 is 1.05 bits per heavy atom. The highest BCUT2D eigenvalue weighted by Crippen LogP contribution is 2.30. The van der Waals surface area contributed by atoms with Crippen LogP contribution in [0.25, 0.3) is 5.69 Å². The number of rotatable bonds is 3. The minimum atomic E-state index is 0.662. The number of aryl methyl sites for hydroxylation is 2. The number of aromatic nitrogens is 2. The highest BCUT2D eigenvalue weighted by Gasteiger charge is 2.22. The summed E-state index contributed by atoms with van der Waals surface area (Å²) in [5, 5.41) is 0. The van der Waals surface area contributed by atoms with E-state index in [9.17, 15) is 4.79 Å². The van der Waals surface area contributed by atoms with Crippen LogP contribution in [-0.2, 0) is 0 Å². The van der Waals surface area contributed by atoms with Crippen LogP contribution >= 0.6 is 0 Å². The predicted molar refractivity (Wildman–Crippen MR) is 88.1 cm³/mol. The average molecular weight is 298 g/mol. The molecular weight excluding hydrogens is 276 g/mol. The molecule has 2 aromatic rings. The maximum Gasteiger partial charge on any atom is 0.153 e. The molecule has 0 saturated carbocycles. The van der Waals surface area contributed by atoms with E-state index >= 15 is 0 Å². The molecule has 3 rings (SSSR count). The fourth-order valence-corrected chi connectivity index (χ4v) is 3.13. The zero-order valence-electron chi connectivity index (χ0n) is 13.4. The SMILES string of the molecule is Cc1ccc(C)n1-c1cncc(C=O)c1N1CCN(C)CC1. The number of nitrogens with zero attached hydrogens (tertiary/aromatic N) is 4. The zero-order valence-corrected chi connectivity index (χ0v) is 13.4. The van der Waals surface area contributed by atoms with Crippen LogP contribution in [0.5, 0.6) is 0 Å². The number of piperazine rings is 1. The smallest absolute Gasteiger partial charge is 0.153 e. The molecule has 1 aliphatic heterocycles. The first-order valence-electron chi connectivity index (χ1n) is 7.64. The number of hydrogen-bond acceptors (Lipinski definition) is 4. The lowest BCUT2D eigenvalue weighted by molar-refractivity contribution is 0.112. The second-order valence-electron chi connectivity index (χ2n) is 5.96. The van der Waals surface area contributed by atoms with Crippen LogP contribution in [0.1, 0.15) is 21.7 Å². The van der Waals surface area contributed by atoms with Gasteiger partial charge in [0.25, 0.3) is 0 Å². The van der Waals surface area contributed by atoms with E-state index in [-0.39, 0.29) is 0 Å². The zero-order chi connectivity index (χ0) is 15.7. The first-order chi connectivity index (χ1) is 10.6. The van der Waals surface area contributed by atoms with Gasteiger partial charge in [0.2, 0.25) is 0 Å². The molecule has 5 nitrogen and oxygen atoms in total. The summed E-state index contributed by atoms with van der Waals surface area (Å²) in [6.07, 6.45) is 4.44. The average Bonchev–Trinajstić information content (AvgIpc) is 2.86. The van der Waals surface area contributed by atoms with Crippen molar-refractivity contribution < 1.29 is 4.79 Å². The van der Waals surface area contributed by atoms with Gasteiger partial charge in [0.15, 0.2) is 6.29 Å². The number of carbonyl (C=O) groups is 1. The van der Waals surface area contributed by atoms with E-state index in [0.29, 0.717) is 5.56 Å². The summed E-state index contributed by atoms with van der Waals surface area (Å²) in [6.45, 7) is 8.01. The summed E-state index contributed by atoms with van der Waals surface area (Å²) in [6, 6.07) is 4.19. The Morgan fingerprint density at radius 3 is 2.27 bits per heavy atom. The fraction of sp³-hybridized carbons (Fsp3) is 0.412. The van der Waals surface area contributed by atoms with E-state index in [1.165, 1.54) is 0 Å². The van der Waals surface area contributed by atoms with Gasteiger partial charge in [0.1, 0.15) is 0 Å². The first-order valence-corrected chi connectivity index (χ1v) is 7.64. The van der Waals surface area contributed by atoms with Gasteiger partial charge in [-0.3, -0.25) is 9.78 Å². The number of anilines is 1. The molecule has 116 valence electrons. The quantitative estimate of drug-likeness (QED) is 0.813. The maximum atomic E-state index is 11.5. The Labute approximate surface area is 131 Å². The van der Waals surface area contributed by atoms with E-state index in [4.69, 9.17) is 0 Å². The van der Waals surface area contributed by atoms with Crippen molar-refractivity contribution >= 4 is 12.0 Å². The predicted octanol–water partition coefficient (Wildman–Crippen LogP) is 2.05. The van der Waals surface area contributed by atoms with Crippen molar-refractivity contribution in [1.29, 1.82) is 0 Å². The summed E-state index contributed by atoms with van der Waals surface area (Å²) >= 11 is 0. The normalized spacial score (nSPS) is 16.0. The van der Waals surface area contributed by atoms with Gasteiger partial charge in [-0.05, 0) is 33.0 Å². The molecule has 0 aliphatic carbocycles. The van der Waals surface area contributed by atoms with Crippen LogP contribution in [0.15, 0.2) is 24.5 Å². The van der Waals surface area contributed by atoms with Crippen molar-refractivity contribution in [1.82, 2.24) is 14.5 Å². The van der Waals surface area contributed by atoms with Crippen molar-refractivity contribution in [2.45, 2.75) is 13.8 Å². The summed E-state index contributed by atoms with van der Waals surface area (Å²) in [5.41, 5.74) is 4.96. The van der Waals surface area contributed by atoms with Gasteiger partial charge >= 0.3 is 0 Å². The molecule has 0 unspecified atom stereocenters. The molecule has 0 N–H and O–H groups in total.